The van der Waals surface area contributed by atoms with Crippen molar-refractivity contribution in [1.29, 1.82) is 5.26 Å². The van der Waals surface area contributed by atoms with Crippen molar-refractivity contribution in [3.05, 3.63) is 46.8 Å². The maximum atomic E-state index is 13.9. The Morgan fingerprint density at radius 3 is 2.58 bits per heavy atom. The highest BCUT2D eigenvalue weighted by Gasteiger charge is 2.32. The van der Waals surface area contributed by atoms with E-state index in [2.05, 4.69) is 34.6 Å². The average molecular weight is 555 g/mol. The summed E-state index contributed by atoms with van der Waals surface area (Å²) < 4.78 is 26.8. The Morgan fingerprint density at radius 2 is 1.87 bits per heavy atom. The maximum absolute atomic E-state index is 13.9. The predicted molar refractivity (Wildman–Crippen MR) is 157 cm³/mol. The van der Waals surface area contributed by atoms with Crippen LogP contribution in [0.2, 0.25) is 12.6 Å². The van der Waals surface area contributed by atoms with Crippen LogP contribution >= 0.6 is 11.8 Å². The molecule has 38 heavy (non-hydrogen) atoms. The van der Waals surface area contributed by atoms with Crippen molar-refractivity contribution >= 4 is 40.1 Å². The Kier molecular flexibility index (Phi) is 9.88. The van der Waals surface area contributed by atoms with Crippen LogP contribution in [-0.2, 0) is 21.2 Å². The lowest BCUT2D eigenvalue weighted by Gasteiger charge is -2.34. The predicted octanol–water partition coefficient (Wildman–Crippen LogP) is 4.99. The SMILES string of the molecule is CCCCCCCSc1ccc2c(c1)CCN2C(=O)C1=C(NS(C)(=O)=O)CCC(N2CCB(C#N)CC2)=C1. The summed E-state index contributed by atoms with van der Waals surface area (Å²) in [6, 6.07) is 6.36. The number of nitrogens with zero attached hydrogens (tertiary/aromatic N) is 3. The summed E-state index contributed by atoms with van der Waals surface area (Å²) in [5.74, 6) is 3.32. The molecule has 1 amide bonds. The zero-order valence-corrected chi connectivity index (χ0v) is 24.3. The number of unbranched alkanes of at least 4 members (excludes halogenated alkanes) is 4. The number of thioether (sulfide) groups is 1. The number of nitrogens with one attached hydrogen (secondary N) is 1. The van der Waals surface area contributed by atoms with Crippen LogP contribution in [0.5, 0.6) is 0 Å². The first-order valence-corrected chi connectivity index (χ1v) is 16.8. The van der Waals surface area contributed by atoms with Crippen molar-refractivity contribution in [2.24, 2.45) is 0 Å². The van der Waals surface area contributed by atoms with Gasteiger partial charge in [0, 0.05) is 47.6 Å². The molecule has 0 spiro atoms. The van der Waals surface area contributed by atoms with Gasteiger partial charge < -0.3 is 9.80 Å². The molecule has 204 valence electrons. The molecule has 1 aromatic carbocycles. The van der Waals surface area contributed by atoms with E-state index < -0.39 is 10.0 Å². The fraction of sp³-hybridized carbons (Fsp3) is 0.571. The van der Waals surface area contributed by atoms with Crippen molar-refractivity contribution in [3.63, 3.8) is 0 Å². The van der Waals surface area contributed by atoms with Gasteiger partial charge in [-0.05, 0) is 73.9 Å². The molecule has 0 atom stereocenters. The molecule has 1 fully saturated rings. The number of benzene rings is 1. The Morgan fingerprint density at radius 1 is 1.11 bits per heavy atom. The zero-order valence-electron chi connectivity index (χ0n) is 22.7. The van der Waals surface area contributed by atoms with E-state index in [1.54, 1.807) is 4.90 Å². The van der Waals surface area contributed by atoms with E-state index in [0.717, 1.165) is 55.5 Å². The summed E-state index contributed by atoms with van der Waals surface area (Å²) >= 11 is 1.88. The van der Waals surface area contributed by atoms with Crippen molar-refractivity contribution in [2.75, 3.05) is 36.5 Å². The van der Waals surface area contributed by atoms with Gasteiger partial charge in [0.15, 0.2) is 0 Å². The maximum Gasteiger partial charge on any atom is 0.271 e. The number of sulfonamides is 1. The van der Waals surface area contributed by atoms with Crippen molar-refractivity contribution in [3.8, 4) is 5.97 Å². The molecule has 2 heterocycles. The van der Waals surface area contributed by atoms with Crippen LogP contribution in [0.3, 0.4) is 0 Å². The first-order chi connectivity index (χ1) is 18.3. The molecule has 3 aliphatic rings. The van der Waals surface area contributed by atoms with Crippen molar-refractivity contribution < 1.29 is 13.2 Å². The van der Waals surface area contributed by atoms with Gasteiger partial charge in [0.1, 0.15) is 0 Å². The number of amides is 1. The monoisotopic (exact) mass is 554 g/mol. The third-order valence-corrected chi connectivity index (χ3v) is 9.30. The topological polar surface area (TPSA) is 93.5 Å². The zero-order chi connectivity index (χ0) is 27.1. The van der Waals surface area contributed by atoms with Gasteiger partial charge in [0.25, 0.3) is 12.6 Å². The first kappa shape index (κ1) is 28.6. The summed E-state index contributed by atoms with van der Waals surface area (Å²) in [5, 5.41) is 9.24. The minimum atomic E-state index is -3.51. The summed E-state index contributed by atoms with van der Waals surface area (Å²) in [7, 11) is -3.51. The number of carbonyl (C=O) groups excluding carboxylic acids is 1. The molecule has 1 N–H and O–H groups in total. The van der Waals surface area contributed by atoms with E-state index in [0.29, 0.717) is 30.7 Å². The van der Waals surface area contributed by atoms with Gasteiger partial charge in [-0.1, -0.05) is 32.6 Å². The Bertz CT molecular complexity index is 1230. The smallest absolute Gasteiger partial charge is 0.271 e. The summed E-state index contributed by atoms with van der Waals surface area (Å²) in [5.41, 5.74) is 4.04. The van der Waals surface area contributed by atoms with Gasteiger partial charge in [0.2, 0.25) is 10.0 Å². The van der Waals surface area contributed by atoms with Gasteiger partial charge in [0.05, 0.1) is 11.8 Å². The lowest BCUT2D eigenvalue weighted by molar-refractivity contribution is -0.114. The fourth-order valence-electron chi connectivity index (χ4n) is 5.50. The van der Waals surface area contributed by atoms with Crippen LogP contribution in [0.1, 0.15) is 57.4 Å². The van der Waals surface area contributed by atoms with Gasteiger partial charge in [-0.25, -0.2) is 13.7 Å². The van der Waals surface area contributed by atoms with Crippen LogP contribution < -0.4 is 9.62 Å². The highest BCUT2D eigenvalue weighted by atomic mass is 32.2. The number of anilines is 1. The Hall–Kier alpha value is -2.38. The number of fused-ring (bicyclic) bond motifs is 1. The number of hydrogen-bond donors (Lipinski definition) is 1. The molecule has 4 rings (SSSR count). The molecule has 1 saturated heterocycles. The van der Waals surface area contributed by atoms with E-state index in [1.807, 2.05) is 23.9 Å². The molecule has 0 saturated carbocycles. The fourth-order valence-corrected chi connectivity index (χ4v) is 7.13. The third-order valence-electron chi connectivity index (χ3n) is 7.60. The molecule has 10 heteroatoms. The van der Waals surface area contributed by atoms with E-state index >= 15 is 0 Å². The van der Waals surface area contributed by atoms with E-state index in [1.165, 1.54) is 42.6 Å². The second-order valence-electron chi connectivity index (χ2n) is 10.6. The molecule has 7 nitrogen and oxygen atoms in total. The molecule has 0 unspecified atom stereocenters. The van der Waals surface area contributed by atoms with Gasteiger partial charge in [-0.3, -0.25) is 9.52 Å². The number of rotatable bonds is 11. The second kappa shape index (κ2) is 13.1. The van der Waals surface area contributed by atoms with Gasteiger partial charge >= 0.3 is 0 Å². The number of carbonyl (C=O) groups is 1. The van der Waals surface area contributed by atoms with Crippen LogP contribution in [0.4, 0.5) is 5.69 Å². The lowest BCUT2D eigenvalue weighted by atomic mass is 9.45. The Balaban J connectivity index is 1.50. The number of allylic oxidation sites excluding steroid dienone is 2. The molecule has 0 radical (unpaired) electrons. The van der Waals surface area contributed by atoms with E-state index in [4.69, 9.17) is 0 Å². The molecule has 2 aliphatic heterocycles. The molecule has 0 aromatic heterocycles. The first-order valence-electron chi connectivity index (χ1n) is 13.9. The second-order valence-corrected chi connectivity index (χ2v) is 13.5. The summed E-state index contributed by atoms with van der Waals surface area (Å²) in [6.45, 7) is 4.47. The minimum absolute atomic E-state index is 0.0831. The van der Waals surface area contributed by atoms with Crippen LogP contribution in [0.15, 0.2) is 46.1 Å². The van der Waals surface area contributed by atoms with Crippen molar-refractivity contribution in [1.82, 2.24) is 9.62 Å². The molecule has 1 aromatic rings. The summed E-state index contributed by atoms with van der Waals surface area (Å²) in [6.07, 6.45) is 12.9. The van der Waals surface area contributed by atoms with Gasteiger partial charge in [-0.2, -0.15) is 0 Å². The molecule has 0 bridgehead atoms. The Labute approximate surface area is 232 Å². The third kappa shape index (κ3) is 7.38. The normalized spacial score (nSPS) is 17.8. The van der Waals surface area contributed by atoms with E-state index in [-0.39, 0.29) is 12.6 Å². The standard InChI is InChI=1S/C28H39BN4O3S2/c1-3-4-5-6-7-18-37-24-9-11-27-22(19-24)12-15-33(27)28(34)25-20-23(8-10-26(25)31-38(2,35)36)32-16-13-29(21-30)14-17-32/h9,11,19-20,31H,3-8,10,12-18H2,1-2H3. The summed E-state index contributed by atoms with van der Waals surface area (Å²) in [4.78, 5) is 19.2. The highest BCUT2D eigenvalue weighted by molar-refractivity contribution is 7.99. The van der Waals surface area contributed by atoms with Crippen LogP contribution in [0, 0.1) is 11.2 Å². The van der Waals surface area contributed by atoms with Crippen LogP contribution in [0.25, 0.3) is 0 Å². The minimum Gasteiger partial charge on any atom is -0.376 e. The number of nitriles is 1. The van der Waals surface area contributed by atoms with Gasteiger partial charge in [-0.15, -0.1) is 11.8 Å². The highest BCUT2D eigenvalue weighted by Crippen LogP contribution is 2.35. The average Bonchev–Trinajstić information content (AvgIpc) is 3.33. The van der Waals surface area contributed by atoms with E-state index in [9.17, 15) is 18.5 Å². The largest absolute Gasteiger partial charge is 0.376 e. The molecular formula is C28H39BN4O3S2. The number of hydrogen-bond acceptors (Lipinski definition) is 6. The van der Waals surface area contributed by atoms with Crippen molar-refractivity contribution in [2.45, 2.75) is 75.8 Å². The molecular weight excluding hydrogens is 515 g/mol. The molecule has 1 aliphatic carbocycles. The lowest BCUT2D eigenvalue weighted by Crippen LogP contribution is -2.38. The van der Waals surface area contributed by atoms with Crippen LogP contribution in [-0.4, -0.2) is 57.6 Å². The quantitative estimate of drug-likeness (QED) is 0.235.